The summed E-state index contributed by atoms with van der Waals surface area (Å²) in [5, 5.41) is 1.54. The van der Waals surface area contributed by atoms with Gasteiger partial charge in [0, 0.05) is 25.2 Å². The minimum Gasteiger partial charge on any atom is -0.159 e. The molecule has 0 spiro atoms. The van der Waals surface area contributed by atoms with Crippen LogP contribution in [-0.4, -0.2) is 34.5 Å². The van der Waals surface area contributed by atoms with Gasteiger partial charge in [0.05, 0.1) is 0 Å². The Balaban J connectivity index is 2.19. The number of benzene rings is 2. The SMILES string of the molecule is CC(C)N(C(C)C)[P+](Cc1ccccc1)(c1ccccc1)N1CCCC1. The van der Waals surface area contributed by atoms with Crippen LogP contribution in [0.1, 0.15) is 46.1 Å². The molecule has 140 valence electrons. The van der Waals surface area contributed by atoms with Gasteiger partial charge in [-0.2, -0.15) is 9.34 Å². The normalized spacial score (nSPS) is 18.0. The van der Waals surface area contributed by atoms with Crippen molar-refractivity contribution in [2.75, 3.05) is 13.1 Å². The summed E-state index contributed by atoms with van der Waals surface area (Å²) in [6.07, 6.45) is 3.79. The molecule has 3 heteroatoms. The van der Waals surface area contributed by atoms with E-state index in [9.17, 15) is 0 Å². The van der Waals surface area contributed by atoms with Crippen molar-refractivity contribution in [3.05, 3.63) is 66.2 Å². The number of nitrogens with zero attached hydrogens (tertiary/aromatic N) is 2. The summed E-state index contributed by atoms with van der Waals surface area (Å²) < 4.78 is 5.70. The molecule has 2 aromatic carbocycles. The van der Waals surface area contributed by atoms with E-state index < -0.39 is 7.56 Å². The van der Waals surface area contributed by atoms with Gasteiger partial charge in [-0.1, -0.05) is 48.5 Å². The third-order valence-electron chi connectivity index (χ3n) is 5.41. The first-order valence-electron chi connectivity index (χ1n) is 10.1. The molecule has 0 aliphatic carbocycles. The molecular weight excluding hydrogens is 335 g/mol. The third-order valence-corrected chi connectivity index (χ3v) is 10.4. The number of rotatable bonds is 7. The predicted octanol–water partition coefficient (Wildman–Crippen LogP) is 5.57. The van der Waals surface area contributed by atoms with Gasteiger partial charge in [-0.3, -0.25) is 0 Å². The Hall–Kier alpha value is -1.21. The van der Waals surface area contributed by atoms with Gasteiger partial charge >= 0.3 is 0 Å². The summed E-state index contributed by atoms with van der Waals surface area (Å²) in [4.78, 5) is 0. The van der Waals surface area contributed by atoms with E-state index in [1.807, 2.05) is 0 Å². The molecule has 26 heavy (non-hydrogen) atoms. The van der Waals surface area contributed by atoms with Crippen molar-refractivity contribution in [1.29, 1.82) is 0 Å². The zero-order valence-corrected chi connectivity index (χ0v) is 17.7. The second-order valence-corrected chi connectivity index (χ2v) is 11.3. The van der Waals surface area contributed by atoms with E-state index in [4.69, 9.17) is 0 Å². The zero-order chi connectivity index (χ0) is 18.6. The van der Waals surface area contributed by atoms with Crippen molar-refractivity contribution in [3.63, 3.8) is 0 Å². The van der Waals surface area contributed by atoms with E-state index in [0.717, 1.165) is 6.16 Å². The largest absolute Gasteiger partial charge is 0.190 e. The van der Waals surface area contributed by atoms with Gasteiger partial charge in [-0.25, -0.2) is 0 Å². The van der Waals surface area contributed by atoms with Crippen LogP contribution in [0.15, 0.2) is 60.7 Å². The molecule has 1 unspecified atom stereocenters. The lowest BCUT2D eigenvalue weighted by atomic mass is 10.2. The molecule has 2 aromatic rings. The molecule has 1 aliphatic rings. The second-order valence-electron chi connectivity index (χ2n) is 7.94. The molecule has 0 amide bonds. The van der Waals surface area contributed by atoms with Crippen molar-refractivity contribution >= 4 is 12.9 Å². The number of hydrogen-bond acceptors (Lipinski definition) is 2. The van der Waals surface area contributed by atoms with E-state index in [1.54, 1.807) is 0 Å². The van der Waals surface area contributed by atoms with Crippen LogP contribution in [0.3, 0.4) is 0 Å². The van der Waals surface area contributed by atoms with E-state index in [2.05, 4.69) is 97.7 Å². The lowest BCUT2D eigenvalue weighted by Crippen LogP contribution is -2.47. The lowest BCUT2D eigenvalue weighted by Gasteiger charge is -2.45. The van der Waals surface area contributed by atoms with Gasteiger partial charge in [0.15, 0.2) is 7.56 Å². The fourth-order valence-corrected chi connectivity index (χ4v) is 9.89. The topological polar surface area (TPSA) is 6.48 Å². The van der Waals surface area contributed by atoms with Crippen LogP contribution in [0.2, 0.25) is 0 Å². The minimum atomic E-state index is -1.67. The van der Waals surface area contributed by atoms with Gasteiger partial charge in [0.2, 0.25) is 0 Å². The van der Waals surface area contributed by atoms with E-state index in [0.29, 0.717) is 12.1 Å². The Morgan fingerprint density at radius 3 is 1.81 bits per heavy atom. The van der Waals surface area contributed by atoms with Crippen molar-refractivity contribution in [2.24, 2.45) is 0 Å². The quantitative estimate of drug-likeness (QED) is 0.588. The number of hydrogen-bond donors (Lipinski definition) is 0. The van der Waals surface area contributed by atoms with Crippen LogP contribution < -0.4 is 5.30 Å². The fourth-order valence-electron chi connectivity index (χ4n) is 4.61. The Morgan fingerprint density at radius 2 is 1.31 bits per heavy atom. The molecule has 0 N–H and O–H groups in total. The van der Waals surface area contributed by atoms with Crippen LogP contribution in [-0.2, 0) is 6.16 Å². The first kappa shape index (κ1) is 19.5. The van der Waals surface area contributed by atoms with Gasteiger partial charge in [-0.05, 0) is 58.2 Å². The van der Waals surface area contributed by atoms with Crippen LogP contribution in [0.5, 0.6) is 0 Å². The summed E-state index contributed by atoms with van der Waals surface area (Å²) in [5.41, 5.74) is 1.46. The van der Waals surface area contributed by atoms with Crippen LogP contribution in [0.25, 0.3) is 0 Å². The van der Waals surface area contributed by atoms with Crippen LogP contribution >= 0.6 is 7.56 Å². The van der Waals surface area contributed by atoms with E-state index in [1.165, 1.54) is 36.8 Å². The molecular formula is C23H34N2P+. The molecule has 1 saturated heterocycles. The maximum atomic E-state index is 2.86. The summed E-state index contributed by atoms with van der Waals surface area (Å²) in [6.45, 7) is 12.0. The van der Waals surface area contributed by atoms with Crippen LogP contribution in [0, 0.1) is 0 Å². The minimum absolute atomic E-state index is 0.521. The van der Waals surface area contributed by atoms with Gasteiger partial charge in [-0.15, -0.1) is 0 Å². The molecule has 1 heterocycles. The van der Waals surface area contributed by atoms with E-state index in [-0.39, 0.29) is 0 Å². The zero-order valence-electron chi connectivity index (χ0n) is 16.8. The van der Waals surface area contributed by atoms with Crippen LogP contribution in [0.4, 0.5) is 0 Å². The average molecular weight is 370 g/mol. The lowest BCUT2D eigenvalue weighted by molar-refractivity contribution is 0.295. The molecule has 1 fully saturated rings. The molecule has 0 aromatic heterocycles. The Bertz CT molecular complexity index is 657. The van der Waals surface area contributed by atoms with Gasteiger partial charge in [0.1, 0.15) is 11.5 Å². The smallest absolute Gasteiger partial charge is 0.159 e. The van der Waals surface area contributed by atoms with Gasteiger partial charge < -0.3 is 0 Å². The highest BCUT2D eigenvalue weighted by Crippen LogP contribution is 2.68. The van der Waals surface area contributed by atoms with Gasteiger partial charge in [0.25, 0.3) is 0 Å². The Labute approximate surface area is 160 Å². The summed E-state index contributed by atoms with van der Waals surface area (Å²) in [5.74, 6) is 0. The monoisotopic (exact) mass is 369 g/mol. The highest BCUT2D eigenvalue weighted by molar-refractivity contribution is 7.78. The fraction of sp³-hybridized carbons (Fsp3) is 0.478. The maximum Gasteiger partial charge on any atom is 0.190 e. The molecule has 2 nitrogen and oxygen atoms in total. The molecule has 0 bridgehead atoms. The molecule has 1 aliphatic heterocycles. The van der Waals surface area contributed by atoms with Crippen molar-refractivity contribution in [1.82, 2.24) is 9.34 Å². The highest BCUT2D eigenvalue weighted by Gasteiger charge is 2.55. The van der Waals surface area contributed by atoms with E-state index >= 15 is 0 Å². The Morgan fingerprint density at radius 1 is 0.808 bits per heavy atom. The summed E-state index contributed by atoms with van der Waals surface area (Å²) in [7, 11) is -1.67. The molecule has 1 atom stereocenters. The van der Waals surface area contributed by atoms with Crippen molar-refractivity contribution in [2.45, 2.75) is 58.8 Å². The first-order valence-corrected chi connectivity index (χ1v) is 12.0. The molecule has 0 saturated carbocycles. The van der Waals surface area contributed by atoms with Crippen molar-refractivity contribution in [3.8, 4) is 0 Å². The molecule has 3 rings (SSSR count). The predicted molar refractivity (Wildman–Crippen MR) is 116 cm³/mol. The standard InChI is InChI=1S/C23H34N2P/c1-20(2)25(21(3)4)26(24-17-11-12-18-24,23-15-9-6-10-16-23)19-22-13-7-5-8-14-22/h5-10,13-16,20-21H,11-12,17-19H2,1-4H3/q+1. The first-order chi connectivity index (χ1) is 12.6. The average Bonchev–Trinajstić information content (AvgIpc) is 3.17. The second kappa shape index (κ2) is 8.65. The Kier molecular flexibility index (Phi) is 6.51. The van der Waals surface area contributed by atoms with Crippen molar-refractivity contribution < 1.29 is 0 Å². The molecule has 0 radical (unpaired) electrons. The highest BCUT2D eigenvalue weighted by atomic mass is 31.2. The summed E-state index contributed by atoms with van der Waals surface area (Å²) in [6, 6.07) is 23.5. The summed E-state index contributed by atoms with van der Waals surface area (Å²) >= 11 is 0. The maximum absolute atomic E-state index is 2.86. The third kappa shape index (κ3) is 3.88.